The molecule has 4 nitrogen and oxygen atoms in total. The van der Waals surface area contributed by atoms with Crippen molar-refractivity contribution in [3.05, 3.63) is 28.8 Å². The van der Waals surface area contributed by atoms with E-state index in [4.69, 9.17) is 22.5 Å². The minimum absolute atomic E-state index is 0.0599. The van der Waals surface area contributed by atoms with Crippen molar-refractivity contribution in [2.75, 3.05) is 11.4 Å². The first kappa shape index (κ1) is 12.0. The quantitative estimate of drug-likeness (QED) is 0.375. The molecule has 1 aliphatic carbocycles. The van der Waals surface area contributed by atoms with Gasteiger partial charge in [-0.05, 0) is 31.9 Å². The molecule has 0 heterocycles. The van der Waals surface area contributed by atoms with E-state index in [1.165, 1.54) is 12.8 Å². The van der Waals surface area contributed by atoms with Crippen LogP contribution in [0.15, 0.2) is 23.4 Å². The predicted octanol–water partition coefficient (Wildman–Crippen LogP) is 2.42. The summed E-state index contributed by atoms with van der Waals surface area (Å²) in [6, 6.07) is 6.15. The second-order valence-electron chi connectivity index (χ2n) is 4.14. The summed E-state index contributed by atoms with van der Waals surface area (Å²) in [4.78, 5) is 2.25. The Hall–Kier alpha value is -1.42. The lowest BCUT2D eigenvalue weighted by atomic mass is 10.1. The van der Waals surface area contributed by atoms with Gasteiger partial charge in [0, 0.05) is 18.3 Å². The van der Waals surface area contributed by atoms with E-state index in [2.05, 4.69) is 17.0 Å². The van der Waals surface area contributed by atoms with Gasteiger partial charge in [-0.25, -0.2) is 0 Å². The van der Waals surface area contributed by atoms with Gasteiger partial charge in [-0.1, -0.05) is 22.8 Å². The third-order valence-electron chi connectivity index (χ3n) is 2.99. The van der Waals surface area contributed by atoms with Crippen molar-refractivity contribution in [3.63, 3.8) is 0 Å². The van der Waals surface area contributed by atoms with Gasteiger partial charge in [0.15, 0.2) is 5.84 Å². The summed E-state index contributed by atoms with van der Waals surface area (Å²) in [6.07, 6.45) is 2.38. The Morgan fingerprint density at radius 2 is 2.29 bits per heavy atom. The van der Waals surface area contributed by atoms with E-state index in [0.29, 0.717) is 16.6 Å². The van der Waals surface area contributed by atoms with Gasteiger partial charge in [0.25, 0.3) is 0 Å². The highest BCUT2D eigenvalue weighted by Gasteiger charge is 2.30. The molecule has 92 valence electrons. The Bertz CT molecular complexity index is 443. The van der Waals surface area contributed by atoms with Gasteiger partial charge in [0.2, 0.25) is 0 Å². The molecule has 1 saturated carbocycles. The smallest absolute Gasteiger partial charge is 0.173 e. The molecule has 0 radical (unpaired) electrons. The Morgan fingerprint density at radius 1 is 1.59 bits per heavy atom. The Labute approximate surface area is 106 Å². The first-order valence-corrected chi connectivity index (χ1v) is 6.09. The number of oxime groups is 1. The number of hydrogen-bond acceptors (Lipinski definition) is 3. The van der Waals surface area contributed by atoms with Crippen LogP contribution < -0.4 is 10.6 Å². The van der Waals surface area contributed by atoms with E-state index in [-0.39, 0.29) is 5.84 Å². The van der Waals surface area contributed by atoms with Gasteiger partial charge in [-0.2, -0.15) is 0 Å². The molecule has 0 aliphatic heterocycles. The van der Waals surface area contributed by atoms with Gasteiger partial charge in [-0.3, -0.25) is 0 Å². The maximum absolute atomic E-state index is 8.83. The monoisotopic (exact) mass is 253 g/mol. The van der Waals surface area contributed by atoms with Crippen molar-refractivity contribution in [1.29, 1.82) is 0 Å². The van der Waals surface area contributed by atoms with E-state index < -0.39 is 0 Å². The molecule has 5 heteroatoms. The van der Waals surface area contributed by atoms with Crippen LogP contribution in [0.5, 0.6) is 0 Å². The Morgan fingerprint density at radius 3 is 2.82 bits per heavy atom. The largest absolute Gasteiger partial charge is 0.409 e. The maximum Gasteiger partial charge on any atom is 0.173 e. The van der Waals surface area contributed by atoms with Crippen LogP contribution >= 0.6 is 11.6 Å². The standard InChI is InChI=1S/C12H16ClN3O/c1-2-16(8-6-7-8)10-5-3-4-9(13)11(10)12(14)15-17/h3-5,8,17H,2,6-7H2,1H3,(H2,14,15). The van der Waals surface area contributed by atoms with E-state index in [1.807, 2.05) is 12.1 Å². The second kappa shape index (κ2) is 4.84. The lowest BCUT2D eigenvalue weighted by Crippen LogP contribution is -2.28. The summed E-state index contributed by atoms with van der Waals surface area (Å²) in [5, 5.41) is 12.4. The van der Waals surface area contributed by atoms with Crippen LogP contribution in [0, 0.1) is 0 Å². The molecule has 3 N–H and O–H groups in total. The number of halogens is 1. The zero-order valence-corrected chi connectivity index (χ0v) is 10.5. The fraction of sp³-hybridized carbons (Fsp3) is 0.417. The molecule has 1 fully saturated rings. The number of hydrogen-bond donors (Lipinski definition) is 2. The van der Waals surface area contributed by atoms with E-state index in [9.17, 15) is 0 Å². The highest BCUT2D eigenvalue weighted by molar-refractivity contribution is 6.34. The first-order chi connectivity index (χ1) is 8.19. The van der Waals surface area contributed by atoms with Crippen LogP contribution in [0.4, 0.5) is 5.69 Å². The van der Waals surface area contributed by atoms with Crippen molar-refractivity contribution in [2.45, 2.75) is 25.8 Å². The summed E-state index contributed by atoms with van der Waals surface area (Å²) in [5.74, 6) is 0.0599. The van der Waals surface area contributed by atoms with Gasteiger partial charge in [0.1, 0.15) is 0 Å². The van der Waals surface area contributed by atoms with Gasteiger partial charge >= 0.3 is 0 Å². The van der Waals surface area contributed by atoms with Crippen molar-refractivity contribution >= 4 is 23.1 Å². The SMILES string of the molecule is CCN(c1cccc(Cl)c1C(N)=NO)C1CC1. The molecule has 1 aromatic rings. The average molecular weight is 254 g/mol. The van der Waals surface area contributed by atoms with Gasteiger partial charge < -0.3 is 15.8 Å². The maximum atomic E-state index is 8.83. The third kappa shape index (κ3) is 2.31. The predicted molar refractivity (Wildman–Crippen MR) is 70.0 cm³/mol. The molecule has 0 bridgehead atoms. The highest BCUT2D eigenvalue weighted by atomic mass is 35.5. The topological polar surface area (TPSA) is 61.8 Å². The molecule has 0 aromatic heterocycles. The molecule has 0 spiro atoms. The molecule has 1 aromatic carbocycles. The fourth-order valence-electron chi connectivity index (χ4n) is 2.07. The summed E-state index contributed by atoms with van der Waals surface area (Å²) >= 11 is 6.13. The zero-order chi connectivity index (χ0) is 12.4. The van der Waals surface area contributed by atoms with Gasteiger partial charge in [-0.15, -0.1) is 0 Å². The third-order valence-corrected chi connectivity index (χ3v) is 3.31. The minimum Gasteiger partial charge on any atom is -0.409 e. The normalized spacial score (nSPS) is 16.0. The number of anilines is 1. The van der Waals surface area contributed by atoms with Crippen LogP contribution in [0.2, 0.25) is 5.02 Å². The summed E-state index contributed by atoms with van der Waals surface area (Å²) in [6.45, 7) is 2.98. The molecule has 2 rings (SSSR count). The summed E-state index contributed by atoms with van der Waals surface area (Å²) in [5.41, 5.74) is 7.26. The first-order valence-electron chi connectivity index (χ1n) is 5.72. The second-order valence-corrected chi connectivity index (χ2v) is 4.54. The number of nitrogens with two attached hydrogens (primary N) is 1. The van der Waals surface area contributed by atoms with Gasteiger partial charge in [0.05, 0.1) is 10.6 Å². The highest BCUT2D eigenvalue weighted by Crippen LogP contribution is 2.35. The van der Waals surface area contributed by atoms with Crippen LogP contribution in [0.1, 0.15) is 25.3 Å². The molecular formula is C12H16ClN3O. The van der Waals surface area contributed by atoms with Crippen molar-refractivity contribution in [2.24, 2.45) is 10.9 Å². The average Bonchev–Trinajstić information content (AvgIpc) is 3.14. The molecule has 0 amide bonds. The lowest BCUT2D eigenvalue weighted by Gasteiger charge is -2.25. The minimum atomic E-state index is 0.0599. The van der Waals surface area contributed by atoms with E-state index >= 15 is 0 Å². The van der Waals surface area contributed by atoms with E-state index in [1.54, 1.807) is 6.07 Å². The molecule has 0 unspecified atom stereocenters. The van der Waals surface area contributed by atoms with E-state index in [0.717, 1.165) is 12.2 Å². The molecular weight excluding hydrogens is 238 g/mol. The molecule has 0 saturated heterocycles. The zero-order valence-electron chi connectivity index (χ0n) is 9.73. The number of rotatable bonds is 4. The molecule has 17 heavy (non-hydrogen) atoms. The van der Waals surface area contributed by atoms with Crippen LogP contribution in [-0.2, 0) is 0 Å². The van der Waals surface area contributed by atoms with Crippen LogP contribution in [0.25, 0.3) is 0 Å². The molecule has 1 aliphatic rings. The lowest BCUT2D eigenvalue weighted by molar-refractivity contribution is 0.318. The number of nitrogens with zero attached hydrogens (tertiary/aromatic N) is 2. The summed E-state index contributed by atoms with van der Waals surface area (Å²) in [7, 11) is 0. The summed E-state index contributed by atoms with van der Waals surface area (Å²) < 4.78 is 0. The van der Waals surface area contributed by atoms with Crippen LogP contribution in [0.3, 0.4) is 0 Å². The fourth-order valence-corrected chi connectivity index (χ4v) is 2.33. The number of benzene rings is 1. The number of amidine groups is 1. The van der Waals surface area contributed by atoms with Crippen molar-refractivity contribution in [3.8, 4) is 0 Å². The van der Waals surface area contributed by atoms with Crippen molar-refractivity contribution in [1.82, 2.24) is 0 Å². The van der Waals surface area contributed by atoms with Crippen molar-refractivity contribution < 1.29 is 5.21 Å². The van der Waals surface area contributed by atoms with Crippen LogP contribution in [-0.4, -0.2) is 23.6 Å². The Balaban J connectivity index is 2.48. The Kier molecular flexibility index (Phi) is 3.43. The molecule has 0 atom stereocenters.